The molecule has 0 saturated heterocycles. The summed E-state index contributed by atoms with van der Waals surface area (Å²) in [6.45, 7) is 4.06. The molecule has 30 heavy (non-hydrogen) atoms. The molecule has 2 aromatic rings. The van der Waals surface area contributed by atoms with Crippen LogP contribution < -0.4 is 10.6 Å². The van der Waals surface area contributed by atoms with Gasteiger partial charge < -0.3 is 15.4 Å². The van der Waals surface area contributed by atoms with E-state index < -0.39 is 0 Å². The smallest absolute Gasteiger partial charge is 0.251 e. The first-order valence-corrected chi connectivity index (χ1v) is 11.6. The van der Waals surface area contributed by atoms with Crippen molar-refractivity contribution >= 4 is 11.6 Å². The number of hydrogen-bond acceptors (Lipinski definition) is 3. The number of benzene rings is 2. The molecule has 0 aromatic heterocycles. The Morgan fingerprint density at radius 1 is 1.13 bits per heavy atom. The molecule has 1 aliphatic heterocycles. The summed E-state index contributed by atoms with van der Waals surface area (Å²) < 4.78 is 5.36. The molecule has 5 rings (SSSR count). The lowest BCUT2D eigenvalue weighted by atomic mass is 9.68. The first kappa shape index (κ1) is 19.6. The fourth-order valence-corrected chi connectivity index (χ4v) is 6.24. The maximum Gasteiger partial charge on any atom is 0.251 e. The third-order valence-electron chi connectivity index (χ3n) is 7.46. The van der Waals surface area contributed by atoms with Gasteiger partial charge in [-0.1, -0.05) is 30.3 Å². The van der Waals surface area contributed by atoms with Crippen molar-refractivity contribution in [2.75, 3.05) is 25.1 Å². The van der Waals surface area contributed by atoms with Crippen molar-refractivity contribution in [3.8, 4) is 0 Å². The van der Waals surface area contributed by atoms with Crippen LogP contribution in [0.15, 0.2) is 48.5 Å². The van der Waals surface area contributed by atoms with Gasteiger partial charge in [0.1, 0.15) is 0 Å². The Balaban J connectivity index is 1.39. The predicted octanol–water partition coefficient (Wildman–Crippen LogP) is 5.14. The van der Waals surface area contributed by atoms with Crippen LogP contribution in [0.3, 0.4) is 0 Å². The van der Waals surface area contributed by atoms with Crippen molar-refractivity contribution in [2.24, 2.45) is 17.8 Å². The second-order valence-corrected chi connectivity index (χ2v) is 9.08. The van der Waals surface area contributed by atoms with Gasteiger partial charge in [0, 0.05) is 31.0 Å². The van der Waals surface area contributed by atoms with E-state index in [0.29, 0.717) is 31.0 Å². The highest BCUT2D eigenvalue weighted by atomic mass is 16.5. The highest BCUT2D eigenvalue weighted by Crippen LogP contribution is 2.63. The Bertz CT molecular complexity index is 897. The van der Waals surface area contributed by atoms with Gasteiger partial charge in [0.25, 0.3) is 5.91 Å². The zero-order chi connectivity index (χ0) is 20.5. The van der Waals surface area contributed by atoms with E-state index in [2.05, 4.69) is 53.1 Å². The van der Waals surface area contributed by atoms with E-state index in [-0.39, 0.29) is 5.91 Å². The van der Waals surface area contributed by atoms with E-state index in [4.69, 9.17) is 4.74 Å². The number of fused-ring (bicyclic) bond motifs is 7. The fraction of sp³-hybridized carbons (Fsp3) is 0.500. The summed E-state index contributed by atoms with van der Waals surface area (Å²) in [5.41, 5.74) is 4.75. The van der Waals surface area contributed by atoms with Gasteiger partial charge in [-0.25, -0.2) is 0 Å². The van der Waals surface area contributed by atoms with Crippen molar-refractivity contribution in [1.29, 1.82) is 0 Å². The summed E-state index contributed by atoms with van der Waals surface area (Å²) in [6.07, 6.45) is 4.87. The SMILES string of the molecule is CCOCCCNC(=O)c1ccc2c(c1)[C@@H]1[C@@H]3CC[C@H](C3)[C@@H]1[C@H](c1ccccc1)N2. The Kier molecular flexibility index (Phi) is 5.51. The van der Waals surface area contributed by atoms with Crippen LogP contribution in [-0.2, 0) is 4.74 Å². The number of hydrogen-bond donors (Lipinski definition) is 2. The van der Waals surface area contributed by atoms with E-state index in [1.54, 1.807) is 0 Å². The van der Waals surface area contributed by atoms with Gasteiger partial charge in [0.2, 0.25) is 0 Å². The molecule has 2 saturated carbocycles. The molecule has 2 bridgehead atoms. The lowest BCUT2D eigenvalue weighted by Crippen LogP contribution is -2.35. The Morgan fingerprint density at radius 3 is 2.80 bits per heavy atom. The molecule has 3 aliphatic rings. The average Bonchev–Trinajstić information content (AvgIpc) is 3.41. The van der Waals surface area contributed by atoms with E-state index in [0.717, 1.165) is 30.4 Å². The highest BCUT2D eigenvalue weighted by molar-refractivity contribution is 5.95. The number of carbonyl (C=O) groups is 1. The average molecular weight is 405 g/mol. The number of ether oxygens (including phenoxy) is 1. The normalized spacial score (nSPS) is 28.5. The third kappa shape index (κ3) is 3.51. The lowest BCUT2D eigenvalue weighted by molar-refractivity contribution is 0.0944. The molecule has 5 atom stereocenters. The van der Waals surface area contributed by atoms with Crippen LogP contribution in [0.2, 0.25) is 0 Å². The minimum absolute atomic E-state index is 0.0270. The van der Waals surface area contributed by atoms with Crippen molar-refractivity contribution in [3.63, 3.8) is 0 Å². The topological polar surface area (TPSA) is 50.4 Å². The summed E-state index contributed by atoms with van der Waals surface area (Å²) in [5, 5.41) is 6.91. The largest absolute Gasteiger partial charge is 0.382 e. The van der Waals surface area contributed by atoms with Crippen LogP contribution in [0, 0.1) is 17.8 Å². The van der Waals surface area contributed by atoms with E-state index >= 15 is 0 Å². The highest BCUT2D eigenvalue weighted by Gasteiger charge is 2.53. The first-order chi connectivity index (χ1) is 14.8. The fourth-order valence-electron chi connectivity index (χ4n) is 6.24. The number of carbonyl (C=O) groups excluding carboxylic acids is 1. The number of amides is 1. The van der Waals surface area contributed by atoms with Crippen molar-refractivity contribution < 1.29 is 9.53 Å². The zero-order valence-corrected chi connectivity index (χ0v) is 17.8. The van der Waals surface area contributed by atoms with Gasteiger partial charge >= 0.3 is 0 Å². The molecule has 0 spiro atoms. The standard InChI is InChI=1S/C26H32N2O2/c1-2-30-14-6-13-27-26(29)20-11-12-22-21(16-20)23-18-9-10-19(15-18)24(23)25(28-22)17-7-4-3-5-8-17/h3-5,7-8,11-12,16,18-19,23-25,28H,2,6,9-10,13-15H2,1H3,(H,27,29)/t18-,19-,23+,24+,25+/m1/s1. The maximum absolute atomic E-state index is 12.7. The number of nitrogens with one attached hydrogen (secondary N) is 2. The third-order valence-corrected chi connectivity index (χ3v) is 7.46. The van der Waals surface area contributed by atoms with E-state index in [1.165, 1.54) is 36.1 Å². The van der Waals surface area contributed by atoms with Crippen LogP contribution in [0.1, 0.15) is 66.1 Å². The Hall–Kier alpha value is -2.33. The second kappa shape index (κ2) is 8.43. The molecular weight excluding hydrogens is 372 g/mol. The first-order valence-electron chi connectivity index (χ1n) is 11.6. The molecule has 4 nitrogen and oxygen atoms in total. The van der Waals surface area contributed by atoms with Gasteiger partial charge in [-0.3, -0.25) is 4.79 Å². The van der Waals surface area contributed by atoms with Gasteiger partial charge in [0.15, 0.2) is 0 Å². The molecule has 0 unspecified atom stereocenters. The summed E-state index contributed by atoms with van der Waals surface area (Å²) in [7, 11) is 0. The number of rotatable bonds is 7. The van der Waals surface area contributed by atoms with Crippen LogP contribution >= 0.6 is 0 Å². The van der Waals surface area contributed by atoms with E-state index in [9.17, 15) is 4.79 Å². The van der Waals surface area contributed by atoms with Gasteiger partial charge in [-0.05, 0) is 85.6 Å². The van der Waals surface area contributed by atoms with Crippen molar-refractivity contribution in [3.05, 3.63) is 65.2 Å². The minimum atomic E-state index is 0.0270. The van der Waals surface area contributed by atoms with Crippen molar-refractivity contribution in [1.82, 2.24) is 5.32 Å². The minimum Gasteiger partial charge on any atom is -0.382 e. The predicted molar refractivity (Wildman–Crippen MR) is 120 cm³/mol. The molecule has 2 N–H and O–H groups in total. The number of anilines is 1. The zero-order valence-electron chi connectivity index (χ0n) is 17.8. The van der Waals surface area contributed by atoms with Crippen molar-refractivity contribution in [2.45, 2.75) is 44.6 Å². The molecular formula is C26H32N2O2. The second-order valence-electron chi connectivity index (χ2n) is 9.08. The quantitative estimate of drug-likeness (QED) is 0.628. The van der Waals surface area contributed by atoms with Crippen LogP contribution in [0.5, 0.6) is 0 Å². The molecule has 1 heterocycles. The molecule has 0 radical (unpaired) electrons. The maximum atomic E-state index is 12.7. The summed E-state index contributed by atoms with van der Waals surface area (Å²) in [5.74, 6) is 2.77. The molecule has 158 valence electrons. The summed E-state index contributed by atoms with van der Waals surface area (Å²) in [6, 6.07) is 17.5. The Morgan fingerprint density at radius 2 is 1.97 bits per heavy atom. The van der Waals surface area contributed by atoms with Gasteiger partial charge in [-0.2, -0.15) is 0 Å². The Labute approximate surface area is 179 Å². The van der Waals surface area contributed by atoms with Crippen LogP contribution in [-0.4, -0.2) is 25.7 Å². The van der Waals surface area contributed by atoms with Crippen LogP contribution in [0.25, 0.3) is 0 Å². The molecule has 2 aliphatic carbocycles. The summed E-state index contributed by atoms with van der Waals surface area (Å²) in [4.78, 5) is 12.7. The molecule has 1 amide bonds. The van der Waals surface area contributed by atoms with Gasteiger partial charge in [0.05, 0.1) is 6.04 Å². The summed E-state index contributed by atoms with van der Waals surface area (Å²) >= 11 is 0. The lowest BCUT2D eigenvalue weighted by Gasteiger charge is -2.43. The van der Waals surface area contributed by atoms with E-state index in [1.807, 2.05) is 13.0 Å². The molecule has 2 fully saturated rings. The van der Waals surface area contributed by atoms with Gasteiger partial charge in [-0.15, -0.1) is 0 Å². The molecule has 2 aromatic carbocycles. The van der Waals surface area contributed by atoms with Crippen LogP contribution in [0.4, 0.5) is 5.69 Å². The monoisotopic (exact) mass is 404 g/mol. The molecule has 4 heteroatoms.